The molecular formula is C14H17ClN2O4. The van der Waals surface area contributed by atoms with Gasteiger partial charge in [0, 0.05) is 17.1 Å². The van der Waals surface area contributed by atoms with E-state index in [1.807, 2.05) is 0 Å². The highest BCUT2D eigenvalue weighted by molar-refractivity contribution is 6.30. The molecule has 1 saturated heterocycles. The molecule has 1 atom stereocenters. The maximum absolute atomic E-state index is 12.5. The van der Waals surface area contributed by atoms with Crippen LogP contribution in [-0.4, -0.2) is 53.7 Å². The fourth-order valence-corrected chi connectivity index (χ4v) is 2.52. The summed E-state index contributed by atoms with van der Waals surface area (Å²) in [7, 11) is 0. The second kappa shape index (κ2) is 6.43. The number of primary amides is 1. The van der Waals surface area contributed by atoms with Crippen molar-refractivity contribution in [3.63, 3.8) is 0 Å². The summed E-state index contributed by atoms with van der Waals surface area (Å²) in [5.74, 6) is -0.913. The number of rotatable bonds is 3. The Balaban J connectivity index is 2.17. The van der Waals surface area contributed by atoms with Crippen LogP contribution in [0.1, 0.15) is 16.8 Å². The Kier molecular flexibility index (Phi) is 4.82. The summed E-state index contributed by atoms with van der Waals surface area (Å²) in [4.78, 5) is 25.0. The normalized spacial score (nSPS) is 22.7. The van der Waals surface area contributed by atoms with Gasteiger partial charge >= 0.3 is 0 Å². The first-order valence-electron chi connectivity index (χ1n) is 6.53. The Morgan fingerprint density at radius 2 is 2.24 bits per heavy atom. The first-order valence-corrected chi connectivity index (χ1v) is 6.91. The maximum Gasteiger partial charge on any atom is 0.254 e. The molecule has 0 unspecified atom stereocenters. The van der Waals surface area contributed by atoms with Crippen LogP contribution >= 0.6 is 11.6 Å². The van der Waals surface area contributed by atoms with E-state index in [2.05, 4.69) is 0 Å². The second-order valence-electron chi connectivity index (χ2n) is 5.16. The minimum Gasteiger partial charge on any atom is -0.385 e. The van der Waals surface area contributed by atoms with Gasteiger partial charge in [0.2, 0.25) is 5.91 Å². The summed E-state index contributed by atoms with van der Waals surface area (Å²) in [5, 5.41) is 10.9. The minimum absolute atomic E-state index is 0.0126. The molecule has 0 bridgehead atoms. The third-order valence-corrected chi connectivity index (χ3v) is 3.46. The van der Waals surface area contributed by atoms with Gasteiger partial charge < -0.3 is 20.5 Å². The van der Waals surface area contributed by atoms with Crippen LogP contribution in [0.15, 0.2) is 24.3 Å². The van der Waals surface area contributed by atoms with Crippen molar-refractivity contribution < 1.29 is 19.4 Å². The number of benzene rings is 1. The number of β-amino-alcohol motifs (C(OH)–C–C–N with tert-alkyl or cyclic N) is 1. The number of carbonyl (C=O) groups is 2. The zero-order valence-corrected chi connectivity index (χ0v) is 12.2. The van der Waals surface area contributed by atoms with Crippen LogP contribution in [0.3, 0.4) is 0 Å². The van der Waals surface area contributed by atoms with Gasteiger partial charge in [0.1, 0.15) is 5.60 Å². The lowest BCUT2D eigenvalue weighted by molar-refractivity contribution is -0.125. The average molecular weight is 313 g/mol. The molecule has 2 amide bonds. The van der Waals surface area contributed by atoms with Crippen molar-refractivity contribution in [1.29, 1.82) is 0 Å². The molecule has 3 N–H and O–H groups in total. The van der Waals surface area contributed by atoms with E-state index in [-0.39, 0.29) is 32.1 Å². The van der Waals surface area contributed by atoms with E-state index in [1.165, 1.54) is 4.90 Å². The Labute approximate surface area is 127 Å². The van der Waals surface area contributed by atoms with Crippen molar-refractivity contribution in [1.82, 2.24) is 4.90 Å². The quantitative estimate of drug-likeness (QED) is 0.846. The van der Waals surface area contributed by atoms with Crippen molar-refractivity contribution in [2.75, 3.05) is 26.3 Å². The number of halogens is 1. The van der Waals surface area contributed by atoms with E-state index in [1.54, 1.807) is 24.3 Å². The van der Waals surface area contributed by atoms with E-state index < -0.39 is 11.5 Å². The number of ether oxygens (including phenoxy) is 1. The van der Waals surface area contributed by atoms with Gasteiger partial charge in [-0.1, -0.05) is 17.7 Å². The minimum atomic E-state index is -1.46. The summed E-state index contributed by atoms with van der Waals surface area (Å²) < 4.78 is 5.27. The van der Waals surface area contributed by atoms with E-state index in [9.17, 15) is 14.7 Å². The molecule has 1 heterocycles. The Morgan fingerprint density at radius 1 is 1.48 bits per heavy atom. The van der Waals surface area contributed by atoms with Crippen LogP contribution in [0.25, 0.3) is 0 Å². The molecule has 1 fully saturated rings. The van der Waals surface area contributed by atoms with Gasteiger partial charge in [-0.05, 0) is 18.2 Å². The molecule has 6 nitrogen and oxygen atoms in total. The molecule has 0 spiro atoms. The summed E-state index contributed by atoms with van der Waals surface area (Å²) >= 11 is 5.88. The summed E-state index contributed by atoms with van der Waals surface area (Å²) in [6, 6.07) is 6.56. The van der Waals surface area contributed by atoms with E-state index in [0.29, 0.717) is 17.1 Å². The average Bonchev–Trinajstić information content (AvgIpc) is 2.59. The third kappa shape index (κ3) is 4.17. The van der Waals surface area contributed by atoms with Crippen LogP contribution < -0.4 is 5.73 Å². The molecule has 7 heteroatoms. The Hall–Kier alpha value is -1.63. The predicted molar refractivity (Wildman–Crippen MR) is 76.9 cm³/mol. The number of hydrogen-bond acceptors (Lipinski definition) is 4. The van der Waals surface area contributed by atoms with E-state index in [4.69, 9.17) is 22.1 Å². The Bertz CT molecular complexity index is 552. The summed E-state index contributed by atoms with van der Waals surface area (Å²) in [6.45, 7) is 0.566. The molecule has 0 aliphatic carbocycles. The summed E-state index contributed by atoms with van der Waals surface area (Å²) in [6.07, 6.45) is -0.258. The first-order chi connectivity index (χ1) is 9.89. The molecule has 0 radical (unpaired) electrons. The SMILES string of the molecule is NC(=O)C[C@@]1(O)COCCN(C(=O)c2cccc(Cl)c2)C1. The van der Waals surface area contributed by atoms with Crippen molar-refractivity contribution >= 4 is 23.4 Å². The Morgan fingerprint density at radius 3 is 2.90 bits per heavy atom. The number of amides is 2. The van der Waals surface area contributed by atoms with E-state index >= 15 is 0 Å². The topological polar surface area (TPSA) is 92.9 Å². The van der Waals surface area contributed by atoms with Gasteiger partial charge in [0.15, 0.2) is 0 Å². The molecule has 1 aliphatic rings. The standard InChI is InChI=1S/C14H17ClN2O4/c15-11-3-1-2-10(6-11)13(19)17-4-5-21-9-14(20,8-17)7-12(16)18/h1-3,6,20H,4-5,7-9H2,(H2,16,18)/t14-/m0/s1. The van der Waals surface area contributed by atoms with Gasteiger partial charge in [0.05, 0.1) is 26.2 Å². The van der Waals surface area contributed by atoms with Gasteiger partial charge in [-0.15, -0.1) is 0 Å². The zero-order valence-electron chi connectivity index (χ0n) is 11.4. The van der Waals surface area contributed by atoms with E-state index in [0.717, 1.165) is 0 Å². The smallest absolute Gasteiger partial charge is 0.254 e. The molecular weight excluding hydrogens is 296 g/mol. The second-order valence-corrected chi connectivity index (χ2v) is 5.59. The number of hydrogen-bond donors (Lipinski definition) is 2. The van der Waals surface area contributed by atoms with Gasteiger partial charge in [0.25, 0.3) is 5.91 Å². The fraction of sp³-hybridized carbons (Fsp3) is 0.429. The highest BCUT2D eigenvalue weighted by Crippen LogP contribution is 2.19. The highest BCUT2D eigenvalue weighted by Gasteiger charge is 2.36. The van der Waals surface area contributed by atoms with Gasteiger partial charge in [-0.2, -0.15) is 0 Å². The number of carbonyl (C=O) groups excluding carboxylic acids is 2. The van der Waals surface area contributed by atoms with Crippen LogP contribution in [0.2, 0.25) is 5.02 Å². The number of aliphatic hydroxyl groups is 1. The van der Waals surface area contributed by atoms with Gasteiger partial charge in [-0.25, -0.2) is 0 Å². The lowest BCUT2D eigenvalue weighted by Crippen LogP contribution is -2.48. The van der Waals surface area contributed by atoms with Crippen molar-refractivity contribution in [3.8, 4) is 0 Å². The monoisotopic (exact) mass is 312 g/mol. The molecule has 0 aromatic heterocycles. The van der Waals surface area contributed by atoms with Crippen molar-refractivity contribution in [3.05, 3.63) is 34.9 Å². The molecule has 1 aromatic rings. The molecule has 1 aliphatic heterocycles. The van der Waals surface area contributed by atoms with Crippen LogP contribution in [0.4, 0.5) is 0 Å². The number of nitrogens with two attached hydrogens (primary N) is 1. The van der Waals surface area contributed by atoms with Crippen molar-refractivity contribution in [2.24, 2.45) is 5.73 Å². The molecule has 1 aromatic carbocycles. The maximum atomic E-state index is 12.5. The fourth-order valence-electron chi connectivity index (χ4n) is 2.33. The van der Waals surface area contributed by atoms with Crippen LogP contribution in [-0.2, 0) is 9.53 Å². The molecule has 21 heavy (non-hydrogen) atoms. The van der Waals surface area contributed by atoms with Crippen molar-refractivity contribution in [2.45, 2.75) is 12.0 Å². The predicted octanol–water partition coefficient (Wildman–Crippen LogP) is 0.419. The lowest BCUT2D eigenvalue weighted by Gasteiger charge is -2.29. The molecule has 0 saturated carbocycles. The first kappa shape index (κ1) is 15.8. The zero-order chi connectivity index (χ0) is 15.5. The van der Waals surface area contributed by atoms with Gasteiger partial charge in [-0.3, -0.25) is 9.59 Å². The summed E-state index contributed by atoms with van der Waals surface area (Å²) in [5.41, 5.74) is 4.10. The molecule has 2 rings (SSSR count). The number of nitrogens with zero attached hydrogens (tertiary/aromatic N) is 1. The molecule has 114 valence electrons. The lowest BCUT2D eigenvalue weighted by atomic mass is 9.99. The largest absolute Gasteiger partial charge is 0.385 e. The van der Waals surface area contributed by atoms with Crippen LogP contribution in [0, 0.1) is 0 Å². The highest BCUT2D eigenvalue weighted by atomic mass is 35.5. The third-order valence-electron chi connectivity index (χ3n) is 3.22. The van der Waals surface area contributed by atoms with Crippen LogP contribution in [0.5, 0.6) is 0 Å².